The second kappa shape index (κ2) is 9.71. The second-order valence-electron chi connectivity index (χ2n) is 8.05. The van der Waals surface area contributed by atoms with Gasteiger partial charge in [0.15, 0.2) is 0 Å². The summed E-state index contributed by atoms with van der Waals surface area (Å²) in [5.41, 5.74) is 1.52. The maximum Gasteiger partial charge on any atom is 0.328 e. The lowest BCUT2D eigenvalue weighted by molar-refractivity contribution is -0.148. The van der Waals surface area contributed by atoms with Crippen molar-refractivity contribution in [2.45, 2.75) is 53.3 Å². The number of aromatic nitrogens is 5. The summed E-state index contributed by atoms with van der Waals surface area (Å²) in [6, 6.07) is 1.99. The van der Waals surface area contributed by atoms with Crippen LogP contribution in [0, 0.1) is 11.8 Å². The minimum Gasteiger partial charge on any atom is -0.462 e. The van der Waals surface area contributed by atoms with Gasteiger partial charge in [-0.15, -0.1) is 0 Å². The summed E-state index contributed by atoms with van der Waals surface area (Å²) in [4.78, 5) is 20.8. The van der Waals surface area contributed by atoms with Crippen LogP contribution in [0.2, 0.25) is 0 Å². The Hall–Kier alpha value is -2.94. The van der Waals surface area contributed by atoms with Gasteiger partial charge in [-0.25, -0.2) is 4.98 Å². The van der Waals surface area contributed by atoms with Crippen molar-refractivity contribution >= 4 is 28.6 Å². The Balaban J connectivity index is 1.72. The first kappa shape index (κ1) is 21.8. The van der Waals surface area contributed by atoms with Crippen molar-refractivity contribution < 1.29 is 14.6 Å². The standard InChI is InChI=1S/C21H30N6O3/c1-14(2)17(6-8-28)11-26-7-5-16-9-22-21(25-20(16)26)24-18-10-23-27(12-18)13-19(29)30-15(3)4/h5,7,9-10,12,14-15,17,28H,6,8,11,13H2,1-4H3,(H,22,24,25)/t17-/m1/s1. The molecule has 0 amide bonds. The molecule has 0 spiro atoms. The smallest absolute Gasteiger partial charge is 0.328 e. The van der Waals surface area contributed by atoms with Crippen LogP contribution in [0.15, 0.2) is 30.9 Å². The fraction of sp³-hybridized carbons (Fsp3) is 0.524. The molecule has 1 atom stereocenters. The monoisotopic (exact) mass is 414 g/mol. The van der Waals surface area contributed by atoms with Crippen LogP contribution in [0.1, 0.15) is 34.1 Å². The molecule has 0 fully saturated rings. The third-order valence-electron chi connectivity index (χ3n) is 4.92. The van der Waals surface area contributed by atoms with E-state index in [1.807, 2.05) is 26.1 Å². The quantitative estimate of drug-likeness (QED) is 0.491. The first-order valence-corrected chi connectivity index (χ1v) is 10.3. The lowest BCUT2D eigenvalue weighted by Crippen LogP contribution is -2.18. The summed E-state index contributed by atoms with van der Waals surface area (Å²) in [6.45, 7) is 8.97. The molecule has 9 nitrogen and oxygen atoms in total. The van der Waals surface area contributed by atoms with Crippen LogP contribution >= 0.6 is 0 Å². The number of carbonyl (C=O) groups excluding carboxylic acids is 1. The highest BCUT2D eigenvalue weighted by Gasteiger charge is 2.16. The van der Waals surface area contributed by atoms with E-state index < -0.39 is 0 Å². The third kappa shape index (κ3) is 5.56. The largest absolute Gasteiger partial charge is 0.462 e. The van der Waals surface area contributed by atoms with E-state index in [9.17, 15) is 9.90 Å². The average molecular weight is 415 g/mol. The maximum absolute atomic E-state index is 11.8. The van der Waals surface area contributed by atoms with Crippen LogP contribution in [0.4, 0.5) is 11.6 Å². The number of anilines is 2. The van der Waals surface area contributed by atoms with Gasteiger partial charge in [-0.1, -0.05) is 13.8 Å². The van der Waals surface area contributed by atoms with E-state index in [0.717, 1.165) is 24.0 Å². The SMILES string of the molecule is CC(C)OC(=O)Cn1cc(Nc2ncc3ccn(C[C@@H](CCO)C(C)C)c3n2)cn1. The maximum atomic E-state index is 11.8. The second-order valence-corrected chi connectivity index (χ2v) is 8.05. The van der Waals surface area contributed by atoms with E-state index in [0.29, 0.717) is 23.5 Å². The Morgan fingerprint density at radius 3 is 2.77 bits per heavy atom. The number of esters is 1. The molecule has 9 heteroatoms. The lowest BCUT2D eigenvalue weighted by Gasteiger charge is -2.20. The van der Waals surface area contributed by atoms with Crippen LogP contribution in [0.3, 0.4) is 0 Å². The topological polar surface area (TPSA) is 107 Å². The zero-order valence-electron chi connectivity index (χ0n) is 17.9. The molecule has 0 saturated carbocycles. The van der Waals surface area contributed by atoms with Gasteiger partial charge < -0.3 is 19.7 Å². The number of fused-ring (bicyclic) bond motifs is 1. The Labute approximate surface area is 176 Å². The molecule has 0 aromatic carbocycles. The van der Waals surface area contributed by atoms with Crippen molar-refractivity contribution in [2.24, 2.45) is 11.8 Å². The van der Waals surface area contributed by atoms with Gasteiger partial charge in [0, 0.05) is 37.1 Å². The number of nitrogens with one attached hydrogen (secondary N) is 1. The minimum absolute atomic E-state index is 0.0457. The van der Waals surface area contributed by atoms with Gasteiger partial charge in [-0.2, -0.15) is 10.1 Å². The number of ether oxygens (including phenoxy) is 1. The van der Waals surface area contributed by atoms with Gasteiger partial charge in [0.25, 0.3) is 0 Å². The highest BCUT2D eigenvalue weighted by Crippen LogP contribution is 2.22. The summed E-state index contributed by atoms with van der Waals surface area (Å²) in [5, 5.41) is 17.6. The van der Waals surface area contributed by atoms with Crippen molar-refractivity contribution in [3.05, 3.63) is 30.9 Å². The number of aliphatic hydroxyl groups excluding tert-OH is 1. The molecular formula is C21H30N6O3. The molecule has 2 N–H and O–H groups in total. The van der Waals surface area contributed by atoms with Gasteiger partial charge in [-0.3, -0.25) is 9.48 Å². The van der Waals surface area contributed by atoms with Gasteiger partial charge in [0.1, 0.15) is 12.2 Å². The van der Waals surface area contributed by atoms with Crippen LogP contribution in [-0.4, -0.2) is 48.1 Å². The van der Waals surface area contributed by atoms with Crippen molar-refractivity contribution in [1.29, 1.82) is 0 Å². The Kier molecular flexibility index (Phi) is 7.04. The van der Waals surface area contributed by atoms with Crippen LogP contribution in [0.5, 0.6) is 0 Å². The summed E-state index contributed by atoms with van der Waals surface area (Å²) in [6.07, 6.45) is 7.72. The minimum atomic E-state index is -0.335. The molecule has 0 saturated heterocycles. The lowest BCUT2D eigenvalue weighted by atomic mass is 9.93. The molecule has 0 aliphatic carbocycles. The molecule has 3 aromatic rings. The molecule has 0 unspecified atom stereocenters. The van der Waals surface area contributed by atoms with E-state index in [1.165, 1.54) is 4.68 Å². The first-order valence-electron chi connectivity index (χ1n) is 10.3. The number of aliphatic hydroxyl groups is 1. The fourth-order valence-electron chi connectivity index (χ4n) is 3.31. The molecule has 30 heavy (non-hydrogen) atoms. The molecule has 0 aliphatic rings. The van der Waals surface area contributed by atoms with Crippen molar-refractivity contribution in [3.8, 4) is 0 Å². The number of rotatable bonds is 10. The zero-order chi connectivity index (χ0) is 21.7. The molecule has 3 aromatic heterocycles. The number of hydrogen-bond donors (Lipinski definition) is 2. The summed E-state index contributed by atoms with van der Waals surface area (Å²) >= 11 is 0. The van der Waals surface area contributed by atoms with Crippen molar-refractivity contribution in [2.75, 3.05) is 11.9 Å². The third-order valence-corrected chi connectivity index (χ3v) is 4.92. The van der Waals surface area contributed by atoms with Crippen molar-refractivity contribution in [1.82, 2.24) is 24.3 Å². The predicted octanol–water partition coefficient (Wildman–Crippen LogP) is 2.98. The molecule has 0 radical (unpaired) electrons. The Bertz CT molecular complexity index is 978. The van der Waals surface area contributed by atoms with Crippen LogP contribution in [0.25, 0.3) is 11.0 Å². The number of hydrogen-bond acceptors (Lipinski definition) is 7. The zero-order valence-corrected chi connectivity index (χ0v) is 17.9. The first-order chi connectivity index (χ1) is 14.4. The summed E-state index contributed by atoms with van der Waals surface area (Å²) in [7, 11) is 0. The molecule has 0 aliphatic heterocycles. The normalized spacial score (nSPS) is 12.6. The summed E-state index contributed by atoms with van der Waals surface area (Å²) in [5.74, 6) is 0.941. The van der Waals surface area contributed by atoms with Crippen molar-refractivity contribution in [3.63, 3.8) is 0 Å². The van der Waals surface area contributed by atoms with Gasteiger partial charge in [-0.05, 0) is 38.2 Å². The fourth-order valence-corrected chi connectivity index (χ4v) is 3.31. The Morgan fingerprint density at radius 2 is 2.07 bits per heavy atom. The Morgan fingerprint density at radius 1 is 1.27 bits per heavy atom. The number of nitrogens with zero attached hydrogens (tertiary/aromatic N) is 5. The van der Waals surface area contributed by atoms with Gasteiger partial charge in [0.05, 0.1) is 18.0 Å². The summed E-state index contributed by atoms with van der Waals surface area (Å²) < 4.78 is 8.75. The van der Waals surface area contributed by atoms with Gasteiger partial charge in [0.2, 0.25) is 5.95 Å². The molecule has 3 heterocycles. The average Bonchev–Trinajstić information content (AvgIpc) is 3.27. The van der Waals surface area contributed by atoms with E-state index in [-0.39, 0.29) is 25.2 Å². The van der Waals surface area contributed by atoms with Crippen LogP contribution < -0.4 is 5.32 Å². The number of carbonyl (C=O) groups is 1. The molecule has 0 bridgehead atoms. The van der Waals surface area contributed by atoms with E-state index >= 15 is 0 Å². The molecule has 3 rings (SSSR count). The van der Waals surface area contributed by atoms with Gasteiger partial charge >= 0.3 is 5.97 Å². The van der Waals surface area contributed by atoms with E-state index in [2.05, 4.69) is 38.8 Å². The highest BCUT2D eigenvalue weighted by molar-refractivity contribution is 5.76. The molecular weight excluding hydrogens is 384 g/mol. The molecule has 162 valence electrons. The highest BCUT2D eigenvalue weighted by atomic mass is 16.5. The van der Waals surface area contributed by atoms with E-state index in [4.69, 9.17) is 4.74 Å². The predicted molar refractivity (Wildman–Crippen MR) is 114 cm³/mol. The van der Waals surface area contributed by atoms with E-state index in [1.54, 1.807) is 18.6 Å². The van der Waals surface area contributed by atoms with Crippen LogP contribution in [-0.2, 0) is 22.6 Å².